The van der Waals surface area contributed by atoms with Gasteiger partial charge in [-0.05, 0) is 41.6 Å². The van der Waals surface area contributed by atoms with Crippen molar-refractivity contribution in [2.45, 2.75) is 18.1 Å². The second-order valence-electron chi connectivity index (χ2n) is 4.97. The van der Waals surface area contributed by atoms with Crippen LogP contribution in [0, 0.1) is 0 Å². The highest BCUT2D eigenvalue weighted by molar-refractivity contribution is 9.10. The summed E-state index contributed by atoms with van der Waals surface area (Å²) in [6, 6.07) is 5.65. The summed E-state index contributed by atoms with van der Waals surface area (Å²) in [6.07, 6.45) is 0.975. The lowest BCUT2D eigenvalue weighted by molar-refractivity contribution is -0.119. The number of thioether (sulfide) groups is 1. The normalized spacial score (nSPS) is 10.8. The number of tetrazole rings is 1. The van der Waals surface area contributed by atoms with Crippen molar-refractivity contribution in [1.82, 2.24) is 25.5 Å². The minimum atomic E-state index is -0.493. The maximum absolute atomic E-state index is 10.9. The summed E-state index contributed by atoms with van der Waals surface area (Å²) in [5, 5.41) is 15.5. The van der Waals surface area contributed by atoms with Crippen LogP contribution in [-0.2, 0) is 18.4 Å². The SMILES string of the molecule is Cn1nnnc1SCCCNCc1cc(Br)ccc1OCC(N)=O. The Labute approximate surface area is 152 Å². The largest absolute Gasteiger partial charge is 0.483 e. The molecule has 0 aliphatic rings. The fourth-order valence-electron chi connectivity index (χ4n) is 1.90. The molecular weight excluding hydrogens is 396 g/mol. The number of halogens is 1. The first-order valence-corrected chi connectivity index (χ1v) is 9.09. The maximum Gasteiger partial charge on any atom is 0.255 e. The molecule has 3 N–H and O–H groups in total. The van der Waals surface area contributed by atoms with Crippen molar-refractivity contribution < 1.29 is 9.53 Å². The summed E-state index contributed by atoms with van der Waals surface area (Å²) in [5.74, 6) is 1.08. The van der Waals surface area contributed by atoms with Crippen molar-refractivity contribution in [2.75, 3.05) is 18.9 Å². The molecule has 0 spiro atoms. The Kier molecular flexibility index (Phi) is 7.47. The van der Waals surface area contributed by atoms with Gasteiger partial charge in [0.1, 0.15) is 5.75 Å². The highest BCUT2D eigenvalue weighted by Crippen LogP contribution is 2.23. The molecule has 0 radical (unpaired) electrons. The number of amides is 1. The van der Waals surface area contributed by atoms with Crippen LogP contribution in [0.1, 0.15) is 12.0 Å². The lowest BCUT2D eigenvalue weighted by atomic mass is 10.2. The Morgan fingerprint density at radius 3 is 3.04 bits per heavy atom. The number of aryl methyl sites for hydroxylation is 1. The average molecular weight is 415 g/mol. The number of hydrogen-bond acceptors (Lipinski definition) is 7. The zero-order valence-corrected chi connectivity index (χ0v) is 15.6. The van der Waals surface area contributed by atoms with Crippen LogP contribution in [0.2, 0.25) is 0 Å². The second-order valence-corrected chi connectivity index (χ2v) is 6.95. The Morgan fingerprint density at radius 2 is 2.33 bits per heavy atom. The third-order valence-electron chi connectivity index (χ3n) is 3.02. The van der Waals surface area contributed by atoms with Gasteiger partial charge in [0.2, 0.25) is 5.16 Å². The zero-order chi connectivity index (χ0) is 17.4. The van der Waals surface area contributed by atoms with E-state index in [9.17, 15) is 4.79 Å². The number of benzene rings is 1. The fraction of sp³-hybridized carbons (Fsp3) is 0.429. The number of ether oxygens (including phenoxy) is 1. The molecule has 2 aromatic rings. The predicted octanol–water partition coefficient (Wildman–Crippen LogP) is 1.11. The molecule has 0 bridgehead atoms. The standard InChI is InChI=1S/C14H19BrN6O2S/c1-21-14(18-19-20-21)24-6-2-5-17-8-10-7-11(15)3-4-12(10)23-9-13(16)22/h3-4,7,17H,2,5-6,8-9H2,1H3,(H2,16,22). The quantitative estimate of drug-likeness (QED) is 0.442. The molecule has 0 aliphatic carbocycles. The number of rotatable bonds is 10. The molecule has 1 aromatic carbocycles. The molecule has 0 fully saturated rings. The van der Waals surface area contributed by atoms with E-state index in [4.69, 9.17) is 10.5 Å². The van der Waals surface area contributed by atoms with Gasteiger partial charge in [-0.1, -0.05) is 27.7 Å². The van der Waals surface area contributed by atoms with Crippen molar-refractivity contribution in [3.63, 3.8) is 0 Å². The van der Waals surface area contributed by atoms with Crippen LogP contribution in [-0.4, -0.2) is 45.0 Å². The minimum Gasteiger partial charge on any atom is -0.483 e. The topological polar surface area (TPSA) is 108 Å². The van der Waals surface area contributed by atoms with E-state index in [0.717, 1.165) is 33.9 Å². The number of primary amides is 1. The number of aromatic nitrogens is 4. The molecule has 0 saturated carbocycles. The van der Waals surface area contributed by atoms with Gasteiger partial charge >= 0.3 is 0 Å². The Hall–Kier alpha value is -1.65. The summed E-state index contributed by atoms with van der Waals surface area (Å²) >= 11 is 5.06. The summed E-state index contributed by atoms with van der Waals surface area (Å²) in [6.45, 7) is 1.36. The predicted molar refractivity (Wildman–Crippen MR) is 94.7 cm³/mol. The molecule has 0 atom stereocenters. The number of nitrogens with zero attached hydrogens (tertiary/aromatic N) is 4. The first-order chi connectivity index (χ1) is 11.6. The maximum atomic E-state index is 10.9. The lowest BCUT2D eigenvalue weighted by Crippen LogP contribution is -2.21. The van der Waals surface area contributed by atoms with Gasteiger partial charge in [0.15, 0.2) is 6.61 Å². The van der Waals surface area contributed by atoms with Crippen LogP contribution in [0.25, 0.3) is 0 Å². The van der Waals surface area contributed by atoms with Crippen molar-refractivity contribution in [3.8, 4) is 5.75 Å². The van der Waals surface area contributed by atoms with Gasteiger partial charge in [-0.2, -0.15) is 0 Å². The summed E-state index contributed by atoms with van der Waals surface area (Å²) in [4.78, 5) is 10.9. The molecule has 1 aromatic heterocycles. The van der Waals surface area contributed by atoms with Crippen LogP contribution in [0.15, 0.2) is 27.8 Å². The van der Waals surface area contributed by atoms with Crippen molar-refractivity contribution in [1.29, 1.82) is 0 Å². The van der Waals surface area contributed by atoms with Crippen molar-refractivity contribution in [3.05, 3.63) is 28.2 Å². The third kappa shape index (κ3) is 6.10. The van der Waals surface area contributed by atoms with E-state index < -0.39 is 5.91 Å². The molecule has 130 valence electrons. The van der Waals surface area contributed by atoms with Gasteiger partial charge in [-0.15, -0.1) is 5.10 Å². The van der Waals surface area contributed by atoms with Crippen molar-refractivity contribution in [2.24, 2.45) is 12.8 Å². The van der Waals surface area contributed by atoms with E-state index in [-0.39, 0.29) is 6.61 Å². The number of nitrogens with one attached hydrogen (secondary N) is 1. The zero-order valence-electron chi connectivity index (χ0n) is 13.2. The molecule has 10 heteroatoms. The third-order valence-corrected chi connectivity index (χ3v) is 4.61. The van der Waals surface area contributed by atoms with E-state index in [1.165, 1.54) is 0 Å². The van der Waals surface area contributed by atoms with Crippen LogP contribution in [0.4, 0.5) is 0 Å². The minimum absolute atomic E-state index is 0.128. The Morgan fingerprint density at radius 1 is 1.50 bits per heavy atom. The van der Waals surface area contributed by atoms with Gasteiger partial charge in [-0.3, -0.25) is 4.79 Å². The van der Waals surface area contributed by atoms with Crippen LogP contribution in [0.3, 0.4) is 0 Å². The fourth-order valence-corrected chi connectivity index (χ4v) is 3.10. The highest BCUT2D eigenvalue weighted by Gasteiger charge is 2.06. The smallest absolute Gasteiger partial charge is 0.255 e. The van der Waals surface area contributed by atoms with Gasteiger partial charge in [0.05, 0.1) is 0 Å². The van der Waals surface area contributed by atoms with E-state index >= 15 is 0 Å². The molecule has 8 nitrogen and oxygen atoms in total. The molecular formula is C14H19BrN6O2S. The van der Waals surface area contributed by atoms with Gasteiger partial charge in [0.25, 0.3) is 5.91 Å². The molecule has 0 unspecified atom stereocenters. The molecule has 0 saturated heterocycles. The molecule has 0 aliphatic heterocycles. The Balaban J connectivity index is 1.74. The van der Waals surface area contributed by atoms with Crippen molar-refractivity contribution >= 4 is 33.6 Å². The lowest BCUT2D eigenvalue weighted by Gasteiger charge is -2.12. The number of nitrogens with two attached hydrogens (primary N) is 1. The van der Waals surface area contributed by atoms with Gasteiger partial charge in [0, 0.05) is 29.4 Å². The van der Waals surface area contributed by atoms with E-state index in [1.54, 1.807) is 16.4 Å². The molecule has 1 amide bonds. The summed E-state index contributed by atoms with van der Waals surface area (Å²) < 4.78 is 8.04. The van der Waals surface area contributed by atoms with Crippen LogP contribution >= 0.6 is 27.7 Å². The molecule has 24 heavy (non-hydrogen) atoms. The highest BCUT2D eigenvalue weighted by atomic mass is 79.9. The Bertz CT molecular complexity index is 681. The van der Waals surface area contributed by atoms with E-state index in [0.29, 0.717) is 12.3 Å². The number of hydrogen-bond donors (Lipinski definition) is 2. The first-order valence-electron chi connectivity index (χ1n) is 7.31. The van der Waals surface area contributed by atoms with Gasteiger partial charge < -0.3 is 15.8 Å². The van der Waals surface area contributed by atoms with Gasteiger partial charge in [-0.25, -0.2) is 4.68 Å². The number of carbonyl (C=O) groups is 1. The monoisotopic (exact) mass is 414 g/mol. The van der Waals surface area contributed by atoms with E-state index in [1.807, 2.05) is 25.2 Å². The average Bonchev–Trinajstić information content (AvgIpc) is 2.95. The van der Waals surface area contributed by atoms with Crippen LogP contribution in [0.5, 0.6) is 5.75 Å². The summed E-state index contributed by atoms with van der Waals surface area (Å²) in [5.41, 5.74) is 6.09. The number of carbonyl (C=O) groups excluding carboxylic acids is 1. The first kappa shape index (κ1) is 18.7. The molecule has 2 rings (SSSR count). The molecule has 1 heterocycles. The second kappa shape index (κ2) is 9.60. The summed E-state index contributed by atoms with van der Waals surface area (Å²) in [7, 11) is 1.82. The van der Waals surface area contributed by atoms with Crippen LogP contribution < -0.4 is 15.8 Å². The van der Waals surface area contributed by atoms with E-state index in [2.05, 4.69) is 36.8 Å².